The van der Waals surface area contributed by atoms with Crippen LogP contribution < -0.4 is 4.90 Å². The molecule has 0 saturated heterocycles. The van der Waals surface area contributed by atoms with Crippen LogP contribution in [0, 0.1) is 0 Å². The quantitative estimate of drug-likeness (QED) is 0.757. The molecule has 5 heteroatoms. The van der Waals surface area contributed by atoms with Gasteiger partial charge in [-0.05, 0) is 47.0 Å². The number of hydrogen-bond donors (Lipinski definition) is 0. The third-order valence-electron chi connectivity index (χ3n) is 3.22. The highest BCUT2D eigenvalue weighted by Gasteiger charge is 2.31. The van der Waals surface area contributed by atoms with Gasteiger partial charge in [0, 0.05) is 22.3 Å². The Bertz CT molecular complexity index is 555. The van der Waals surface area contributed by atoms with Crippen molar-refractivity contribution in [1.82, 2.24) is 4.98 Å². The molecule has 1 fully saturated rings. The molecular weight excluding hydrogens is 328 g/mol. The minimum absolute atomic E-state index is 0.461. The maximum Gasteiger partial charge on any atom is 0.133 e. The van der Waals surface area contributed by atoms with Crippen molar-refractivity contribution < 1.29 is 4.42 Å². The Hall–Kier alpha value is -1.00. The van der Waals surface area contributed by atoms with E-state index in [0.29, 0.717) is 11.9 Å². The first-order chi connectivity index (χ1) is 9.28. The Balaban J connectivity index is 1.91. The van der Waals surface area contributed by atoms with E-state index in [0.717, 1.165) is 28.2 Å². The normalized spacial score (nSPS) is 14.6. The van der Waals surface area contributed by atoms with E-state index in [1.165, 1.54) is 12.8 Å². The molecule has 2 aromatic heterocycles. The molecule has 2 heterocycles. The van der Waals surface area contributed by atoms with Crippen molar-refractivity contribution in [1.29, 1.82) is 0 Å². The fourth-order valence-electron chi connectivity index (χ4n) is 2.16. The highest BCUT2D eigenvalue weighted by atomic mass is 79.9. The summed E-state index contributed by atoms with van der Waals surface area (Å²) in [6.07, 6.45) is 5.95. The van der Waals surface area contributed by atoms with Gasteiger partial charge in [0.1, 0.15) is 11.6 Å². The van der Waals surface area contributed by atoms with E-state index < -0.39 is 0 Å². The third-order valence-corrected chi connectivity index (χ3v) is 3.94. The third kappa shape index (κ3) is 2.95. The Morgan fingerprint density at radius 2 is 2.32 bits per heavy atom. The van der Waals surface area contributed by atoms with E-state index >= 15 is 0 Å². The summed E-state index contributed by atoms with van der Waals surface area (Å²) in [6, 6.07) is 6.50. The number of aromatic nitrogens is 1. The Morgan fingerprint density at radius 3 is 2.95 bits per heavy atom. The van der Waals surface area contributed by atoms with Gasteiger partial charge in [0.2, 0.25) is 0 Å². The molecule has 3 rings (SSSR count). The lowest BCUT2D eigenvalue weighted by atomic mass is 10.2. The topological polar surface area (TPSA) is 29.3 Å². The van der Waals surface area contributed by atoms with Crippen LogP contribution in [0.2, 0.25) is 0 Å². The van der Waals surface area contributed by atoms with Gasteiger partial charge in [-0.3, -0.25) is 0 Å². The maximum atomic E-state index is 6.04. The van der Waals surface area contributed by atoms with Crippen LogP contribution in [0.15, 0.2) is 39.5 Å². The lowest BCUT2D eigenvalue weighted by Gasteiger charge is -2.24. The second kappa shape index (κ2) is 5.55. The molecule has 0 aromatic carbocycles. The van der Waals surface area contributed by atoms with Crippen molar-refractivity contribution in [2.24, 2.45) is 0 Å². The van der Waals surface area contributed by atoms with Crippen molar-refractivity contribution in [3.05, 3.63) is 46.5 Å². The van der Waals surface area contributed by atoms with Crippen molar-refractivity contribution >= 4 is 33.3 Å². The molecule has 0 amide bonds. The molecule has 3 nitrogen and oxygen atoms in total. The summed E-state index contributed by atoms with van der Waals surface area (Å²) in [5.41, 5.74) is 1.05. The average Bonchev–Trinajstić information content (AvgIpc) is 3.13. The molecule has 0 aliphatic heterocycles. The van der Waals surface area contributed by atoms with Crippen LogP contribution in [-0.4, -0.2) is 11.0 Å². The molecule has 0 N–H and O–H groups in total. The van der Waals surface area contributed by atoms with E-state index in [-0.39, 0.29) is 0 Å². The van der Waals surface area contributed by atoms with E-state index in [1.807, 2.05) is 24.4 Å². The van der Waals surface area contributed by atoms with Gasteiger partial charge in [0.25, 0.3) is 0 Å². The molecular formula is C14H14BrClN2O. The Morgan fingerprint density at radius 1 is 1.47 bits per heavy atom. The zero-order valence-electron chi connectivity index (χ0n) is 10.4. The van der Waals surface area contributed by atoms with Crippen LogP contribution in [0.5, 0.6) is 0 Å². The number of pyridine rings is 1. The molecule has 0 atom stereocenters. The molecule has 0 spiro atoms. The number of anilines is 1. The number of hydrogen-bond acceptors (Lipinski definition) is 3. The average molecular weight is 342 g/mol. The van der Waals surface area contributed by atoms with E-state index in [9.17, 15) is 0 Å². The van der Waals surface area contributed by atoms with Crippen LogP contribution in [0.1, 0.15) is 24.2 Å². The summed E-state index contributed by atoms with van der Waals surface area (Å²) in [5, 5.41) is 0. The van der Waals surface area contributed by atoms with Crippen LogP contribution in [-0.2, 0) is 12.4 Å². The lowest BCUT2D eigenvalue weighted by molar-refractivity contribution is 0.500. The highest BCUT2D eigenvalue weighted by Crippen LogP contribution is 2.35. The van der Waals surface area contributed by atoms with Gasteiger partial charge in [-0.15, -0.1) is 11.6 Å². The number of alkyl halides is 1. The number of halogens is 2. The van der Waals surface area contributed by atoms with E-state index in [2.05, 4.69) is 25.8 Å². The van der Waals surface area contributed by atoms with Crippen LogP contribution in [0.3, 0.4) is 0 Å². The van der Waals surface area contributed by atoms with Crippen molar-refractivity contribution in [2.75, 3.05) is 4.90 Å². The smallest absolute Gasteiger partial charge is 0.133 e. The van der Waals surface area contributed by atoms with Gasteiger partial charge in [-0.1, -0.05) is 0 Å². The molecule has 100 valence electrons. The molecule has 1 aliphatic carbocycles. The Kier molecular flexibility index (Phi) is 3.80. The first-order valence-corrected chi connectivity index (χ1v) is 7.60. The summed E-state index contributed by atoms with van der Waals surface area (Å²) in [5.74, 6) is 2.39. The van der Waals surface area contributed by atoms with Gasteiger partial charge in [0.05, 0.1) is 18.7 Å². The molecule has 0 unspecified atom stereocenters. The van der Waals surface area contributed by atoms with E-state index in [1.54, 1.807) is 6.26 Å². The zero-order chi connectivity index (χ0) is 13.2. The van der Waals surface area contributed by atoms with Crippen molar-refractivity contribution in [3.63, 3.8) is 0 Å². The summed E-state index contributed by atoms with van der Waals surface area (Å²) in [6.45, 7) is 0.746. The van der Waals surface area contributed by atoms with Gasteiger partial charge in [-0.25, -0.2) is 4.98 Å². The van der Waals surface area contributed by atoms with Crippen molar-refractivity contribution in [2.45, 2.75) is 31.3 Å². The molecule has 2 aromatic rings. The van der Waals surface area contributed by atoms with Crippen LogP contribution in [0.25, 0.3) is 0 Å². The number of furan rings is 1. The SMILES string of the molecule is ClCc1cc(Br)cnc1N(Cc1ccco1)C1CC1. The fourth-order valence-corrected chi connectivity index (χ4v) is 2.74. The largest absolute Gasteiger partial charge is 0.467 e. The molecule has 19 heavy (non-hydrogen) atoms. The molecule has 1 aliphatic rings. The summed E-state index contributed by atoms with van der Waals surface area (Å²) in [7, 11) is 0. The minimum atomic E-state index is 0.461. The zero-order valence-corrected chi connectivity index (χ0v) is 12.7. The Labute approximate surface area is 125 Å². The van der Waals surface area contributed by atoms with E-state index in [4.69, 9.17) is 16.0 Å². The van der Waals surface area contributed by atoms with Gasteiger partial charge >= 0.3 is 0 Å². The number of rotatable bonds is 5. The monoisotopic (exact) mass is 340 g/mol. The standard InChI is InChI=1S/C14H14BrClN2O/c15-11-6-10(7-16)14(17-8-11)18(12-3-4-12)9-13-2-1-5-19-13/h1-2,5-6,8,12H,3-4,7,9H2. The minimum Gasteiger partial charge on any atom is -0.467 e. The second-order valence-corrected chi connectivity index (χ2v) is 5.89. The van der Waals surface area contributed by atoms with Gasteiger partial charge < -0.3 is 9.32 Å². The number of nitrogens with zero attached hydrogens (tertiary/aromatic N) is 2. The first-order valence-electron chi connectivity index (χ1n) is 6.27. The molecule has 1 saturated carbocycles. The summed E-state index contributed by atoms with van der Waals surface area (Å²) < 4.78 is 6.41. The molecule has 0 bridgehead atoms. The summed E-state index contributed by atoms with van der Waals surface area (Å²) >= 11 is 9.49. The van der Waals surface area contributed by atoms with Crippen LogP contribution in [0.4, 0.5) is 5.82 Å². The van der Waals surface area contributed by atoms with Gasteiger partial charge in [0.15, 0.2) is 0 Å². The maximum absolute atomic E-state index is 6.04. The van der Waals surface area contributed by atoms with Crippen molar-refractivity contribution in [3.8, 4) is 0 Å². The summed E-state index contributed by atoms with van der Waals surface area (Å²) in [4.78, 5) is 6.84. The second-order valence-electron chi connectivity index (χ2n) is 4.71. The molecule has 0 radical (unpaired) electrons. The fraction of sp³-hybridized carbons (Fsp3) is 0.357. The van der Waals surface area contributed by atoms with Gasteiger partial charge in [-0.2, -0.15) is 0 Å². The lowest BCUT2D eigenvalue weighted by Crippen LogP contribution is -2.26. The highest BCUT2D eigenvalue weighted by molar-refractivity contribution is 9.10. The predicted molar refractivity (Wildman–Crippen MR) is 79.4 cm³/mol. The first kappa shape index (κ1) is 13.0. The van der Waals surface area contributed by atoms with Crippen LogP contribution >= 0.6 is 27.5 Å². The predicted octanol–water partition coefficient (Wildman–Crippen LogP) is 4.34.